The summed E-state index contributed by atoms with van der Waals surface area (Å²) in [6.07, 6.45) is -0.0907. The molecule has 0 aromatic heterocycles. The number of rotatable bonds is 3. The van der Waals surface area contributed by atoms with Crippen LogP contribution in [0.3, 0.4) is 0 Å². The zero-order valence-electron chi connectivity index (χ0n) is 11.7. The number of nitrogens with zero attached hydrogens (tertiary/aromatic N) is 1. The molecule has 1 heterocycles. The van der Waals surface area contributed by atoms with E-state index >= 15 is 0 Å². The van der Waals surface area contributed by atoms with Crippen molar-refractivity contribution >= 4 is 19.2 Å². The highest BCUT2D eigenvalue weighted by Crippen LogP contribution is 2.23. The van der Waals surface area contributed by atoms with E-state index in [9.17, 15) is 4.79 Å². The van der Waals surface area contributed by atoms with Gasteiger partial charge < -0.3 is 9.64 Å². The van der Waals surface area contributed by atoms with Gasteiger partial charge in [-0.15, -0.1) is 0 Å². The number of benzene rings is 2. The van der Waals surface area contributed by atoms with Crippen LogP contribution in [0.4, 0.5) is 0 Å². The number of carbonyl (C=O) groups excluding carboxylic acids is 1. The van der Waals surface area contributed by atoms with E-state index in [0.29, 0.717) is 13.1 Å². The molecule has 1 fully saturated rings. The van der Waals surface area contributed by atoms with Crippen molar-refractivity contribution in [3.63, 3.8) is 0 Å². The first-order valence-electron chi connectivity index (χ1n) is 7.01. The first kappa shape index (κ1) is 13.9. The van der Waals surface area contributed by atoms with Crippen molar-refractivity contribution in [2.24, 2.45) is 0 Å². The van der Waals surface area contributed by atoms with Crippen LogP contribution in [0.2, 0.25) is 0 Å². The van der Waals surface area contributed by atoms with Crippen molar-refractivity contribution < 1.29 is 9.53 Å². The lowest BCUT2D eigenvalue weighted by Gasteiger charge is -2.33. The second-order valence-corrected chi connectivity index (χ2v) is 5.23. The summed E-state index contributed by atoms with van der Waals surface area (Å²) in [7, 11) is 5.70. The highest BCUT2D eigenvalue weighted by molar-refractivity contribution is 6.32. The average Bonchev–Trinajstić information content (AvgIpc) is 2.51. The summed E-state index contributed by atoms with van der Waals surface area (Å²) in [5, 5.41) is 0. The van der Waals surface area contributed by atoms with Crippen LogP contribution in [0.15, 0.2) is 54.6 Å². The maximum absolute atomic E-state index is 12.0. The highest BCUT2D eigenvalue weighted by Gasteiger charge is 2.27. The highest BCUT2D eigenvalue weighted by atomic mass is 16.5. The standard InChI is InChI=1S/C17H16BNO2/c18-15-8-6-14(7-9-15)16-11-19(17(20)12-21-16)10-13-4-2-1-3-5-13/h1-9,16H,10-12H2. The maximum Gasteiger partial charge on any atom is 0.249 e. The number of ether oxygens (including phenoxy) is 1. The molecule has 1 unspecified atom stereocenters. The molecular formula is C17H16BNO2. The second-order valence-electron chi connectivity index (χ2n) is 5.23. The van der Waals surface area contributed by atoms with Gasteiger partial charge in [0, 0.05) is 6.54 Å². The van der Waals surface area contributed by atoms with Gasteiger partial charge >= 0.3 is 0 Å². The fourth-order valence-corrected chi connectivity index (χ4v) is 2.49. The second kappa shape index (κ2) is 6.14. The molecule has 4 heteroatoms. The maximum atomic E-state index is 12.0. The monoisotopic (exact) mass is 277 g/mol. The fraction of sp³-hybridized carbons (Fsp3) is 0.235. The molecule has 2 radical (unpaired) electrons. The quantitative estimate of drug-likeness (QED) is 0.797. The average molecular weight is 277 g/mol. The molecule has 3 rings (SSSR count). The van der Waals surface area contributed by atoms with Crippen molar-refractivity contribution in [3.8, 4) is 0 Å². The Bertz CT molecular complexity index is 612. The Morgan fingerprint density at radius 2 is 1.81 bits per heavy atom. The van der Waals surface area contributed by atoms with Gasteiger partial charge in [-0.1, -0.05) is 60.1 Å². The van der Waals surface area contributed by atoms with E-state index in [1.807, 2.05) is 59.5 Å². The van der Waals surface area contributed by atoms with Crippen LogP contribution in [0, 0.1) is 0 Å². The molecule has 0 spiro atoms. The fourth-order valence-electron chi connectivity index (χ4n) is 2.49. The van der Waals surface area contributed by atoms with Gasteiger partial charge in [0.2, 0.25) is 5.91 Å². The molecule has 1 aliphatic rings. The van der Waals surface area contributed by atoms with Gasteiger partial charge in [0.1, 0.15) is 20.6 Å². The lowest BCUT2D eigenvalue weighted by atomic mass is 9.94. The first-order valence-corrected chi connectivity index (χ1v) is 7.01. The van der Waals surface area contributed by atoms with E-state index in [1.165, 1.54) is 0 Å². The Hall–Kier alpha value is -2.07. The van der Waals surface area contributed by atoms with E-state index in [4.69, 9.17) is 12.6 Å². The van der Waals surface area contributed by atoms with Crippen molar-refractivity contribution in [1.82, 2.24) is 4.90 Å². The third-order valence-corrected chi connectivity index (χ3v) is 3.67. The van der Waals surface area contributed by atoms with Crippen molar-refractivity contribution in [1.29, 1.82) is 0 Å². The van der Waals surface area contributed by atoms with Gasteiger partial charge in [-0.25, -0.2) is 0 Å². The van der Waals surface area contributed by atoms with Gasteiger partial charge in [0.25, 0.3) is 0 Å². The molecule has 3 nitrogen and oxygen atoms in total. The molecule has 104 valence electrons. The summed E-state index contributed by atoms with van der Waals surface area (Å²) in [5.41, 5.74) is 2.91. The Balaban J connectivity index is 1.72. The van der Waals surface area contributed by atoms with Crippen molar-refractivity contribution in [2.75, 3.05) is 13.2 Å². The Morgan fingerprint density at radius 3 is 2.52 bits per heavy atom. The Morgan fingerprint density at radius 1 is 1.10 bits per heavy atom. The van der Waals surface area contributed by atoms with E-state index in [1.54, 1.807) is 0 Å². The SMILES string of the molecule is [B]c1ccc(C2CN(Cc3ccccc3)C(=O)CO2)cc1. The van der Waals surface area contributed by atoms with Gasteiger partial charge in [-0.2, -0.15) is 0 Å². The Labute approximate surface area is 125 Å². The van der Waals surface area contributed by atoms with Crippen LogP contribution in [0.5, 0.6) is 0 Å². The minimum Gasteiger partial charge on any atom is -0.362 e. The third-order valence-electron chi connectivity index (χ3n) is 3.67. The molecule has 0 bridgehead atoms. The summed E-state index contributed by atoms with van der Waals surface area (Å²) in [4.78, 5) is 13.9. The molecule has 0 saturated carbocycles. The molecule has 0 N–H and O–H groups in total. The van der Waals surface area contributed by atoms with E-state index in [0.717, 1.165) is 16.6 Å². The van der Waals surface area contributed by atoms with Crippen LogP contribution in [-0.2, 0) is 16.1 Å². The van der Waals surface area contributed by atoms with Crippen molar-refractivity contribution in [2.45, 2.75) is 12.6 Å². The third kappa shape index (κ3) is 3.34. The number of hydrogen-bond donors (Lipinski definition) is 0. The van der Waals surface area contributed by atoms with Crippen molar-refractivity contribution in [3.05, 3.63) is 65.7 Å². The smallest absolute Gasteiger partial charge is 0.249 e. The van der Waals surface area contributed by atoms with Crippen LogP contribution in [0.25, 0.3) is 0 Å². The normalized spacial score (nSPS) is 18.8. The molecule has 0 aliphatic carbocycles. The van der Waals surface area contributed by atoms with E-state index in [2.05, 4.69) is 0 Å². The zero-order chi connectivity index (χ0) is 14.7. The molecule has 1 amide bonds. The zero-order valence-corrected chi connectivity index (χ0v) is 11.7. The molecule has 2 aromatic rings. The number of amides is 1. The number of morpholine rings is 1. The van der Waals surface area contributed by atoms with Gasteiger partial charge in [-0.3, -0.25) is 4.79 Å². The first-order chi connectivity index (χ1) is 10.2. The van der Waals surface area contributed by atoms with Crippen LogP contribution >= 0.6 is 0 Å². The van der Waals surface area contributed by atoms with Crippen LogP contribution < -0.4 is 5.46 Å². The van der Waals surface area contributed by atoms with Gasteiger partial charge in [-0.05, 0) is 11.1 Å². The van der Waals surface area contributed by atoms with Crippen LogP contribution in [0.1, 0.15) is 17.2 Å². The predicted octanol–water partition coefficient (Wildman–Crippen LogP) is 1.58. The summed E-state index contributed by atoms with van der Waals surface area (Å²) >= 11 is 0. The molecule has 1 saturated heterocycles. The number of hydrogen-bond acceptors (Lipinski definition) is 2. The lowest BCUT2D eigenvalue weighted by Crippen LogP contribution is -2.42. The molecule has 21 heavy (non-hydrogen) atoms. The number of carbonyl (C=O) groups is 1. The summed E-state index contributed by atoms with van der Waals surface area (Å²) in [6.45, 7) is 1.31. The summed E-state index contributed by atoms with van der Waals surface area (Å²) in [5.74, 6) is 0.0329. The Kier molecular flexibility index (Phi) is 4.07. The molecule has 1 aliphatic heterocycles. The molecular weight excluding hydrogens is 261 g/mol. The van der Waals surface area contributed by atoms with Gasteiger partial charge in [0.05, 0.1) is 6.54 Å². The summed E-state index contributed by atoms with van der Waals surface area (Å²) in [6, 6.07) is 17.6. The van der Waals surface area contributed by atoms with E-state index in [-0.39, 0.29) is 18.6 Å². The molecule has 2 aromatic carbocycles. The largest absolute Gasteiger partial charge is 0.362 e. The predicted molar refractivity (Wildman–Crippen MR) is 82.4 cm³/mol. The van der Waals surface area contributed by atoms with E-state index < -0.39 is 0 Å². The summed E-state index contributed by atoms with van der Waals surface area (Å²) < 4.78 is 5.65. The topological polar surface area (TPSA) is 29.5 Å². The minimum absolute atomic E-state index is 0.0329. The van der Waals surface area contributed by atoms with Gasteiger partial charge in [0.15, 0.2) is 0 Å². The van der Waals surface area contributed by atoms with Crippen LogP contribution in [-0.4, -0.2) is 31.8 Å². The molecule has 1 atom stereocenters. The minimum atomic E-state index is -0.0907. The lowest BCUT2D eigenvalue weighted by molar-refractivity contribution is -0.150.